The van der Waals surface area contributed by atoms with Crippen molar-refractivity contribution in [2.45, 2.75) is 37.4 Å². The number of nitrogens with one attached hydrogen (secondary N) is 2. The van der Waals surface area contributed by atoms with Crippen molar-refractivity contribution in [2.24, 2.45) is 0 Å². The molecule has 172 valence electrons. The molecular weight excluding hydrogens is 417 g/mol. The predicted molar refractivity (Wildman–Crippen MR) is 117 cm³/mol. The molecule has 8 nitrogen and oxygen atoms in total. The lowest BCUT2D eigenvalue weighted by atomic mass is 10.1. The van der Waals surface area contributed by atoms with E-state index in [0.717, 1.165) is 11.3 Å². The topological polar surface area (TPSA) is 111 Å². The molecule has 32 heavy (non-hydrogen) atoms. The molecule has 1 fully saturated rings. The average molecular weight is 445 g/mol. The zero-order valence-corrected chi connectivity index (χ0v) is 18.0. The second-order valence-electron chi connectivity index (χ2n) is 7.95. The first-order valence-electron chi connectivity index (χ1n) is 10.3. The second-order valence-corrected chi connectivity index (χ2v) is 7.95. The molecule has 2 aromatic rings. The minimum absolute atomic E-state index is 0.0137. The van der Waals surface area contributed by atoms with Crippen molar-refractivity contribution in [3.63, 3.8) is 0 Å². The van der Waals surface area contributed by atoms with Gasteiger partial charge in [-0.3, -0.25) is 9.59 Å². The Morgan fingerprint density at radius 3 is 2.22 bits per heavy atom. The Kier molecular flexibility index (Phi) is 7.79. The summed E-state index contributed by atoms with van der Waals surface area (Å²) in [4.78, 5) is 26.5. The van der Waals surface area contributed by atoms with E-state index in [4.69, 9.17) is 4.74 Å². The van der Waals surface area contributed by atoms with Gasteiger partial charge in [0.25, 0.3) is 5.91 Å². The van der Waals surface area contributed by atoms with Gasteiger partial charge in [-0.25, -0.2) is 4.39 Å². The molecule has 4 atom stereocenters. The van der Waals surface area contributed by atoms with Gasteiger partial charge in [0.2, 0.25) is 5.91 Å². The fraction of sp³-hybridized carbons (Fsp3) is 0.391. The number of amides is 2. The first kappa shape index (κ1) is 23.6. The molecule has 0 radical (unpaired) electrons. The molecule has 0 aromatic heterocycles. The monoisotopic (exact) mass is 445 g/mol. The predicted octanol–water partition coefficient (Wildman–Crippen LogP) is 0.817. The highest BCUT2D eigenvalue weighted by Crippen LogP contribution is 2.23. The molecule has 1 aliphatic heterocycles. The van der Waals surface area contributed by atoms with E-state index in [9.17, 15) is 24.2 Å². The summed E-state index contributed by atoms with van der Waals surface area (Å²) in [5, 5.41) is 25.9. The zero-order valence-electron chi connectivity index (χ0n) is 18.0. The summed E-state index contributed by atoms with van der Waals surface area (Å²) >= 11 is 0. The second kappa shape index (κ2) is 10.5. The zero-order chi connectivity index (χ0) is 23.3. The number of benzene rings is 2. The normalized spacial score (nSPS) is 22.4. The van der Waals surface area contributed by atoms with Crippen LogP contribution in [0, 0.1) is 5.82 Å². The summed E-state index contributed by atoms with van der Waals surface area (Å²) in [6.45, 7) is 0.191. The summed E-state index contributed by atoms with van der Waals surface area (Å²) in [6, 6.07) is 12.8. The number of nitrogens with zero attached hydrogens (tertiary/aromatic N) is 1. The maximum absolute atomic E-state index is 12.9. The Balaban J connectivity index is 1.47. The van der Waals surface area contributed by atoms with Gasteiger partial charge < -0.3 is 30.5 Å². The van der Waals surface area contributed by atoms with E-state index in [1.54, 1.807) is 24.3 Å². The van der Waals surface area contributed by atoms with Crippen LogP contribution in [0.1, 0.15) is 22.3 Å². The van der Waals surface area contributed by atoms with Gasteiger partial charge in [-0.15, -0.1) is 0 Å². The molecular formula is C23H28FN3O5. The number of carbonyl (C=O) groups excluding carboxylic acids is 2. The fourth-order valence-corrected chi connectivity index (χ4v) is 3.43. The quantitative estimate of drug-likeness (QED) is 0.479. The van der Waals surface area contributed by atoms with Crippen LogP contribution >= 0.6 is 0 Å². The number of ether oxygens (including phenoxy) is 1. The van der Waals surface area contributed by atoms with Crippen LogP contribution in [-0.2, 0) is 16.1 Å². The molecule has 9 heteroatoms. The molecule has 0 unspecified atom stereocenters. The molecule has 1 aliphatic rings. The lowest BCUT2D eigenvalue weighted by Crippen LogP contribution is -2.40. The van der Waals surface area contributed by atoms with E-state index in [0.29, 0.717) is 5.56 Å². The Bertz CT molecular complexity index is 920. The van der Waals surface area contributed by atoms with E-state index in [1.807, 2.05) is 31.1 Å². The standard InChI is InChI=1S/C23H28FN3O5/c1-27(2)17-9-5-15(6-10-17)23(31)26-13-19-22(30)21(29)18(32-19)11-20(28)25-12-14-3-7-16(24)8-4-14/h3-10,18-19,21-22,29-30H,11-13H2,1-2H3,(H,25,28)(H,26,31)/t18-,19+,21-,22+/m0/s1. The molecule has 4 N–H and O–H groups in total. The number of anilines is 1. The maximum Gasteiger partial charge on any atom is 0.251 e. The van der Waals surface area contributed by atoms with Crippen LogP contribution in [0.2, 0.25) is 0 Å². The van der Waals surface area contributed by atoms with E-state index in [2.05, 4.69) is 10.6 Å². The summed E-state index contributed by atoms with van der Waals surface area (Å²) < 4.78 is 18.6. The highest BCUT2D eigenvalue weighted by Gasteiger charge is 2.43. The van der Waals surface area contributed by atoms with Crippen LogP contribution in [-0.4, -0.2) is 67.1 Å². The molecule has 0 aliphatic carbocycles. The van der Waals surface area contributed by atoms with E-state index in [-0.39, 0.29) is 37.1 Å². The minimum atomic E-state index is -1.26. The minimum Gasteiger partial charge on any atom is -0.388 e. The number of aliphatic hydroxyl groups is 2. The number of halogens is 1. The number of hydrogen-bond donors (Lipinski definition) is 4. The van der Waals surface area contributed by atoms with Crippen LogP contribution in [0.5, 0.6) is 0 Å². The van der Waals surface area contributed by atoms with Crippen molar-refractivity contribution >= 4 is 17.5 Å². The Hall–Kier alpha value is -3.01. The molecule has 0 spiro atoms. The molecule has 1 heterocycles. The smallest absolute Gasteiger partial charge is 0.251 e. The number of carbonyl (C=O) groups is 2. The summed E-state index contributed by atoms with van der Waals surface area (Å²) in [6.07, 6.45) is -4.39. The van der Waals surface area contributed by atoms with Crippen LogP contribution < -0.4 is 15.5 Å². The number of hydrogen-bond acceptors (Lipinski definition) is 6. The highest BCUT2D eigenvalue weighted by atomic mass is 19.1. The van der Waals surface area contributed by atoms with Crippen molar-refractivity contribution in [1.29, 1.82) is 0 Å². The maximum atomic E-state index is 12.9. The Morgan fingerprint density at radius 1 is 0.969 bits per heavy atom. The first-order chi connectivity index (χ1) is 15.2. The van der Waals surface area contributed by atoms with Crippen LogP contribution in [0.3, 0.4) is 0 Å². The van der Waals surface area contributed by atoms with Gasteiger partial charge >= 0.3 is 0 Å². The molecule has 0 bridgehead atoms. The third kappa shape index (κ3) is 6.03. The lowest BCUT2D eigenvalue weighted by Gasteiger charge is -2.16. The Morgan fingerprint density at radius 2 is 1.59 bits per heavy atom. The molecule has 1 saturated heterocycles. The van der Waals surface area contributed by atoms with Gasteiger partial charge in [0, 0.05) is 38.4 Å². The third-order valence-electron chi connectivity index (χ3n) is 5.36. The van der Waals surface area contributed by atoms with Crippen molar-refractivity contribution < 1.29 is 28.9 Å². The van der Waals surface area contributed by atoms with E-state index >= 15 is 0 Å². The summed E-state index contributed by atoms with van der Waals surface area (Å²) in [5.74, 6) is -1.07. The van der Waals surface area contributed by atoms with Crippen molar-refractivity contribution in [3.05, 3.63) is 65.5 Å². The van der Waals surface area contributed by atoms with Gasteiger partial charge in [-0.2, -0.15) is 0 Å². The van der Waals surface area contributed by atoms with Crippen molar-refractivity contribution in [1.82, 2.24) is 10.6 Å². The molecule has 0 saturated carbocycles. The summed E-state index contributed by atoms with van der Waals surface area (Å²) in [7, 11) is 3.80. The largest absolute Gasteiger partial charge is 0.388 e. The fourth-order valence-electron chi connectivity index (χ4n) is 3.43. The van der Waals surface area contributed by atoms with Gasteiger partial charge in [0.15, 0.2) is 0 Å². The average Bonchev–Trinajstić information content (AvgIpc) is 3.05. The van der Waals surface area contributed by atoms with Crippen LogP contribution in [0.15, 0.2) is 48.5 Å². The van der Waals surface area contributed by atoms with Gasteiger partial charge in [0.1, 0.15) is 24.1 Å². The molecule has 2 aromatic carbocycles. The highest BCUT2D eigenvalue weighted by molar-refractivity contribution is 5.94. The Labute approximate surface area is 186 Å². The van der Waals surface area contributed by atoms with E-state index in [1.165, 1.54) is 12.1 Å². The SMILES string of the molecule is CN(C)c1ccc(C(=O)NC[C@H]2O[C@@H](CC(=O)NCc3ccc(F)cc3)[C@H](O)[C@@H]2O)cc1. The van der Waals surface area contributed by atoms with Gasteiger partial charge in [-0.05, 0) is 42.0 Å². The van der Waals surface area contributed by atoms with Crippen molar-refractivity contribution in [2.75, 3.05) is 25.5 Å². The molecule has 3 rings (SSSR count). The van der Waals surface area contributed by atoms with E-state index < -0.39 is 24.4 Å². The molecule has 2 amide bonds. The number of rotatable bonds is 8. The summed E-state index contributed by atoms with van der Waals surface area (Å²) in [5.41, 5.74) is 2.15. The van der Waals surface area contributed by atoms with Crippen molar-refractivity contribution in [3.8, 4) is 0 Å². The van der Waals surface area contributed by atoms with Crippen LogP contribution in [0.25, 0.3) is 0 Å². The van der Waals surface area contributed by atoms with Gasteiger partial charge in [-0.1, -0.05) is 12.1 Å². The first-order valence-corrected chi connectivity index (χ1v) is 10.3. The van der Waals surface area contributed by atoms with Crippen LogP contribution in [0.4, 0.5) is 10.1 Å². The van der Waals surface area contributed by atoms with Gasteiger partial charge in [0.05, 0.1) is 12.5 Å². The lowest BCUT2D eigenvalue weighted by molar-refractivity contribution is -0.125. The third-order valence-corrected chi connectivity index (χ3v) is 5.36. The number of aliphatic hydroxyl groups excluding tert-OH is 2.